The Hall–Kier alpha value is -3.06. The van der Waals surface area contributed by atoms with E-state index in [1.165, 1.54) is 14.0 Å². The van der Waals surface area contributed by atoms with Gasteiger partial charge in [-0.3, -0.25) is 14.4 Å². The first-order valence-electron chi connectivity index (χ1n) is 10.2. The molecule has 0 saturated heterocycles. The number of ether oxygens (including phenoxy) is 2. The molecule has 1 atom stereocenters. The predicted octanol–water partition coefficient (Wildman–Crippen LogP) is 4.40. The zero-order valence-electron chi connectivity index (χ0n) is 19.0. The standard InChI is InChI=1S/C24H29ClN2O5/c1-15(28)26-19(17-8-6-7-9-18(17)25)13-23(30)32-14-22(29)27-20-12-16(24(2,3)4)10-11-21(20)31-5/h6-12,19H,13-14H2,1-5H3,(H,26,28)(H,27,29)/t19-/m1/s1. The molecule has 0 saturated carbocycles. The molecule has 0 bridgehead atoms. The first-order chi connectivity index (χ1) is 15.0. The molecule has 2 aromatic carbocycles. The quantitative estimate of drug-likeness (QED) is 0.569. The van der Waals surface area contributed by atoms with Gasteiger partial charge in [-0.15, -0.1) is 0 Å². The van der Waals surface area contributed by atoms with Crippen molar-refractivity contribution in [1.29, 1.82) is 0 Å². The third-order valence-electron chi connectivity index (χ3n) is 4.73. The van der Waals surface area contributed by atoms with Gasteiger partial charge in [0.15, 0.2) is 6.61 Å². The van der Waals surface area contributed by atoms with Gasteiger partial charge < -0.3 is 20.1 Å². The van der Waals surface area contributed by atoms with Crippen molar-refractivity contribution in [3.05, 3.63) is 58.6 Å². The summed E-state index contributed by atoms with van der Waals surface area (Å²) in [6.45, 7) is 7.06. The zero-order valence-corrected chi connectivity index (χ0v) is 19.7. The maximum Gasteiger partial charge on any atom is 0.308 e. The number of anilines is 1. The summed E-state index contributed by atoms with van der Waals surface area (Å²) in [5.41, 5.74) is 1.99. The van der Waals surface area contributed by atoms with Crippen molar-refractivity contribution in [3.63, 3.8) is 0 Å². The van der Waals surface area contributed by atoms with E-state index in [0.717, 1.165) is 5.56 Å². The molecule has 7 nitrogen and oxygen atoms in total. The molecule has 8 heteroatoms. The highest BCUT2D eigenvalue weighted by Crippen LogP contribution is 2.31. The second kappa shape index (κ2) is 11.0. The van der Waals surface area contributed by atoms with Gasteiger partial charge in [0.1, 0.15) is 5.75 Å². The Bertz CT molecular complexity index is 985. The summed E-state index contributed by atoms with van der Waals surface area (Å²) < 4.78 is 10.4. The smallest absolute Gasteiger partial charge is 0.308 e. The average Bonchev–Trinajstić information content (AvgIpc) is 2.71. The number of amides is 2. The number of esters is 1. The first-order valence-corrected chi connectivity index (χ1v) is 10.5. The van der Waals surface area contributed by atoms with E-state index in [1.54, 1.807) is 30.3 Å². The van der Waals surface area contributed by atoms with Gasteiger partial charge in [0, 0.05) is 11.9 Å². The Balaban J connectivity index is 2.02. The monoisotopic (exact) mass is 460 g/mol. The van der Waals surface area contributed by atoms with Crippen molar-refractivity contribution in [2.75, 3.05) is 19.0 Å². The van der Waals surface area contributed by atoms with Gasteiger partial charge >= 0.3 is 5.97 Å². The molecule has 0 aliphatic rings. The molecule has 0 aliphatic heterocycles. The molecule has 2 rings (SSSR count). The third-order valence-corrected chi connectivity index (χ3v) is 5.08. The highest BCUT2D eigenvalue weighted by atomic mass is 35.5. The second-order valence-electron chi connectivity index (χ2n) is 8.35. The van der Waals surface area contributed by atoms with Crippen LogP contribution in [0.15, 0.2) is 42.5 Å². The minimum Gasteiger partial charge on any atom is -0.495 e. The molecule has 32 heavy (non-hydrogen) atoms. The molecular weight excluding hydrogens is 432 g/mol. The highest BCUT2D eigenvalue weighted by molar-refractivity contribution is 6.31. The third kappa shape index (κ3) is 7.27. The van der Waals surface area contributed by atoms with Crippen LogP contribution in [0.5, 0.6) is 5.75 Å². The minimum atomic E-state index is -0.666. The van der Waals surface area contributed by atoms with E-state index < -0.39 is 24.5 Å². The molecule has 0 fully saturated rings. The molecule has 0 aromatic heterocycles. The summed E-state index contributed by atoms with van der Waals surface area (Å²) in [5.74, 6) is -0.959. The molecular formula is C24H29ClN2O5. The SMILES string of the molecule is COc1ccc(C(C)(C)C)cc1NC(=O)COC(=O)C[C@@H](NC(C)=O)c1ccccc1Cl. The summed E-state index contributed by atoms with van der Waals surface area (Å²) in [7, 11) is 1.51. The van der Waals surface area contributed by atoms with E-state index in [0.29, 0.717) is 22.0 Å². The van der Waals surface area contributed by atoms with Crippen LogP contribution < -0.4 is 15.4 Å². The average molecular weight is 461 g/mol. The molecule has 2 amide bonds. The number of hydrogen-bond donors (Lipinski definition) is 2. The number of hydrogen-bond acceptors (Lipinski definition) is 5. The fourth-order valence-electron chi connectivity index (χ4n) is 3.07. The lowest BCUT2D eigenvalue weighted by molar-refractivity contribution is -0.148. The number of benzene rings is 2. The Labute approximate surface area is 193 Å². The molecule has 0 radical (unpaired) electrons. The van der Waals surface area contributed by atoms with Crippen LogP contribution >= 0.6 is 11.6 Å². The van der Waals surface area contributed by atoms with E-state index >= 15 is 0 Å². The number of halogens is 1. The highest BCUT2D eigenvalue weighted by Gasteiger charge is 2.21. The van der Waals surface area contributed by atoms with Crippen molar-refractivity contribution in [2.24, 2.45) is 0 Å². The maximum atomic E-state index is 12.4. The topological polar surface area (TPSA) is 93.7 Å². The zero-order chi connectivity index (χ0) is 23.9. The predicted molar refractivity (Wildman–Crippen MR) is 124 cm³/mol. The van der Waals surface area contributed by atoms with Crippen LogP contribution in [-0.2, 0) is 24.5 Å². The first kappa shape index (κ1) is 25.2. The number of rotatable bonds is 8. The number of nitrogens with one attached hydrogen (secondary N) is 2. The number of methoxy groups -OCH3 is 1. The summed E-state index contributed by atoms with van der Waals surface area (Å²) in [5, 5.41) is 5.83. The van der Waals surface area contributed by atoms with Crippen molar-refractivity contribution < 1.29 is 23.9 Å². The van der Waals surface area contributed by atoms with Gasteiger partial charge in [0.25, 0.3) is 5.91 Å². The maximum absolute atomic E-state index is 12.4. The van der Waals surface area contributed by atoms with Crippen LogP contribution in [0.25, 0.3) is 0 Å². The summed E-state index contributed by atoms with van der Waals surface area (Å²) in [6, 6.07) is 11.8. The van der Waals surface area contributed by atoms with Gasteiger partial charge in [0.05, 0.1) is 25.3 Å². The molecule has 0 unspecified atom stereocenters. The Morgan fingerprint density at radius 1 is 1.09 bits per heavy atom. The van der Waals surface area contributed by atoms with E-state index in [1.807, 2.05) is 12.1 Å². The molecule has 2 aromatic rings. The van der Waals surface area contributed by atoms with E-state index in [4.69, 9.17) is 21.1 Å². The molecule has 0 spiro atoms. The van der Waals surface area contributed by atoms with Crippen molar-refractivity contribution in [3.8, 4) is 5.75 Å². The fourth-order valence-corrected chi connectivity index (χ4v) is 3.34. The van der Waals surface area contributed by atoms with Gasteiger partial charge in [-0.25, -0.2) is 0 Å². The van der Waals surface area contributed by atoms with Gasteiger partial charge in [-0.2, -0.15) is 0 Å². The summed E-state index contributed by atoms with van der Waals surface area (Å²) in [6.07, 6.45) is -0.167. The van der Waals surface area contributed by atoms with Crippen LogP contribution in [-0.4, -0.2) is 31.5 Å². The number of carbonyl (C=O) groups excluding carboxylic acids is 3. The van der Waals surface area contributed by atoms with Crippen molar-refractivity contribution in [1.82, 2.24) is 5.32 Å². The van der Waals surface area contributed by atoms with E-state index in [9.17, 15) is 14.4 Å². The van der Waals surface area contributed by atoms with Crippen LogP contribution in [0.3, 0.4) is 0 Å². The van der Waals surface area contributed by atoms with E-state index in [-0.39, 0.29) is 17.7 Å². The molecule has 2 N–H and O–H groups in total. The largest absolute Gasteiger partial charge is 0.495 e. The summed E-state index contributed by atoms with van der Waals surface area (Å²) >= 11 is 6.20. The van der Waals surface area contributed by atoms with Crippen LogP contribution in [0.1, 0.15) is 51.3 Å². The minimum absolute atomic E-state index is 0.115. The van der Waals surface area contributed by atoms with Crippen LogP contribution in [0.4, 0.5) is 5.69 Å². The lowest BCUT2D eigenvalue weighted by Crippen LogP contribution is -2.30. The molecule has 0 heterocycles. The van der Waals surface area contributed by atoms with Crippen LogP contribution in [0, 0.1) is 0 Å². The van der Waals surface area contributed by atoms with Gasteiger partial charge in [-0.05, 0) is 34.7 Å². The van der Waals surface area contributed by atoms with Crippen LogP contribution in [0.2, 0.25) is 5.02 Å². The second-order valence-corrected chi connectivity index (χ2v) is 8.76. The van der Waals surface area contributed by atoms with Crippen molar-refractivity contribution >= 4 is 35.1 Å². The van der Waals surface area contributed by atoms with Gasteiger partial charge in [-0.1, -0.05) is 56.6 Å². The summed E-state index contributed by atoms with van der Waals surface area (Å²) in [4.78, 5) is 36.3. The lowest BCUT2D eigenvalue weighted by atomic mass is 9.87. The van der Waals surface area contributed by atoms with E-state index in [2.05, 4.69) is 31.4 Å². The Morgan fingerprint density at radius 2 is 1.78 bits per heavy atom. The van der Waals surface area contributed by atoms with Gasteiger partial charge in [0.2, 0.25) is 5.91 Å². The lowest BCUT2D eigenvalue weighted by Gasteiger charge is -2.21. The Kier molecular flexibility index (Phi) is 8.66. The molecule has 0 aliphatic carbocycles. The number of carbonyl (C=O) groups is 3. The normalized spacial score (nSPS) is 11.9. The Morgan fingerprint density at radius 3 is 2.38 bits per heavy atom. The van der Waals surface area contributed by atoms with Crippen molar-refractivity contribution in [2.45, 2.75) is 45.6 Å². The fraction of sp³-hybridized carbons (Fsp3) is 0.375. The molecule has 172 valence electrons.